The molecule has 25 heavy (non-hydrogen) atoms. The van der Waals surface area contributed by atoms with E-state index in [1.54, 1.807) is 0 Å². The first-order valence-electron chi connectivity index (χ1n) is 8.77. The fourth-order valence-corrected chi connectivity index (χ4v) is 3.31. The van der Waals surface area contributed by atoms with E-state index in [9.17, 15) is 9.90 Å². The van der Waals surface area contributed by atoms with Gasteiger partial charge in [-0.3, -0.25) is 4.79 Å². The average Bonchev–Trinajstić information content (AvgIpc) is 2.90. The number of hydrogen-bond donors (Lipinski definition) is 2. The van der Waals surface area contributed by atoms with Crippen LogP contribution in [0.2, 0.25) is 0 Å². The summed E-state index contributed by atoms with van der Waals surface area (Å²) in [5.41, 5.74) is 3.01. The molecule has 1 saturated heterocycles. The number of carbonyl (C=O) groups excluding carboxylic acids is 1. The summed E-state index contributed by atoms with van der Waals surface area (Å²) in [7, 11) is 0. The summed E-state index contributed by atoms with van der Waals surface area (Å²) in [5.74, 6) is -0.132. The van der Waals surface area contributed by atoms with Crippen molar-refractivity contribution in [3.63, 3.8) is 0 Å². The van der Waals surface area contributed by atoms with Crippen molar-refractivity contribution in [2.24, 2.45) is 0 Å². The number of hydrogen-bond acceptors (Lipinski definition) is 3. The van der Waals surface area contributed by atoms with Crippen LogP contribution in [0.5, 0.6) is 0 Å². The van der Waals surface area contributed by atoms with Crippen LogP contribution in [0.1, 0.15) is 40.2 Å². The molecule has 2 heterocycles. The lowest BCUT2D eigenvalue weighted by molar-refractivity contribution is -0.0605. The third kappa shape index (κ3) is 4.11. The Bertz CT molecular complexity index is 731. The van der Waals surface area contributed by atoms with Crippen molar-refractivity contribution in [3.8, 4) is 0 Å². The van der Waals surface area contributed by atoms with Gasteiger partial charge in [0.15, 0.2) is 0 Å². The van der Waals surface area contributed by atoms with Crippen molar-refractivity contribution >= 4 is 5.91 Å². The Hall–Kier alpha value is -2.11. The Kier molecular flexibility index (Phi) is 5.25. The predicted molar refractivity (Wildman–Crippen MR) is 96.8 cm³/mol. The molecule has 0 aliphatic carbocycles. The van der Waals surface area contributed by atoms with Gasteiger partial charge >= 0.3 is 0 Å². The van der Waals surface area contributed by atoms with E-state index in [4.69, 9.17) is 4.74 Å². The quantitative estimate of drug-likeness (QED) is 0.877. The SMILES string of the molecule is Cc1cc(C(=O)NCC2(O)CCOCC2)c(C)n1Cc1ccccc1. The van der Waals surface area contributed by atoms with E-state index >= 15 is 0 Å². The van der Waals surface area contributed by atoms with Crippen molar-refractivity contribution in [1.29, 1.82) is 0 Å². The van der Waals surface area contributed by atoms with Gasteiger partial charge < -0.3 is 19.7 Å². The molecule has 1 amide bonds. The van der Waals surface area contributed by atoms with E-state index in [0.29, 0.717) is 31.6 Å². The molecular formula is C20H26N2O3. The summed E-state index contributed by atoms with van der Waals surface area (Å²) in [6.45, 7) is 6.06. The Balaban J connectivity index is 1.70. The minimum absolute atomic E-state index is 0.132. The van der Waals surface area contributed by atoms with Gasteiger partial charge in [-0.05, 0) is 25.5 Å². The summed E-state index contributed by atoms with van der Waals surface area (Å²) in [5, 5.41) is 13.4. The smallest absolute Gasteiger partial charge is 0.253 e. The Morgan fingerprint density at radius 1 is 1.24 bits per heavy atom. The second-order valence-electron chi connectivity index (χ2n) is 6.88. The summed E-state index contributed by atoms with van der Waals surface area (Å²) in [6, 6.07) is 12.1. The first kappa shape index (κ1) is 17.7. The maximum absolute atomic E-state index is 12.6. The topological polar surface area (TPSA) is 63.5 Å². The highest BCUT2D eigenvalue weighted by Crippen LogP contribution is 2.21. The number of benzene rings is 1. The van der Waals surface area contributed by atoms with E-state index in [0.717, 1.165) is 17.9 Å². The van der Waals surface area contributed by atoms with Gasteiger partial charge in [-0.1, -0.05) is 30.3 Å². The highest BCUT2D eigenvalue weighted by atomic mass is 16.5. The first-order valence-corrected chi connectivity index (χ1v) is 8.77. The van der Waals surface area contributed by atoms with E-state index in [1.807, 2.05) is 38.1 Å². The third-order valence-corrected chi connectivity index (χ3v) is 5.00. The van der Waals surface area contributed by atoms with Crippen LogP contribution >= 0.6 is 0 Å². The summed E-state index contributed by atoms with van der Waals surface area (Å²) in [6.07, 6.45) is 1.11. The van der Waals surface area contributed by atoms with Crippen LogP contribution in [-0.4, -0.2) is 40.9 Å². The van der Waals surface area contributed by atoms with Crippen LogP contribution in [0.15, 0.2) is 36.4 Å². The van der Waals surface area contributed by atoms with Gasteiger partial charge in [-0.25, -0.2) is 0 Å². The molecule has 134 valence electrons. The number of carbonyl (C=O) groups is 1. The zero-order valence-corrected chi connectivity index (χ0v) is 14.9. The molecule has 2 N–H and O–H groups in total. The van der Waals surface area contributed by atoms with Gasteiger partial charge in [0.2, 0.25) is 0 Å². The first-order chi connectivity index (χ1) is 12.0. The van der Waals surface area contributed by atoms with Crippen molar-refractivity contribution in [2.45, 2.75) is 38.8 Å². The second-order valence-corrected chi connectivity index (χ2v) is 6.88. The third-order valence-electron chi connectivity index (χ3n) is 5.00. The zero-order chi connectivity index (χ0) is 17.9. The number of amides is 1. The molecule has 5 heteroatoms. The molecule has 3 rings (SSSR count). The molecule has 0 bridgehead atoms. The highest BCUT2D eigenvalue weighted by Gasteiger charge is 2.30. The lowest BCUT2D eigenvalue weighted by atomic mass is 9.94. The Morgan fingerprint density at radius 3 is 2.60 bits per heavy atom. The minimum atomic E-state index is -0.858. The lowest BCUT2D eigenvalue weighted by Gasteiger charge is -2.32. The molecule has 1 fully saturated rings. The molecule has 0 saturated carbocycles. The maximum Gasteiger partial charge on any atom is 0.253 e. The lowest BCUT2D eigenvalue weighted by Crippen LogP contribution is -2.46. The van der Waals surface area contributed by atoms with Crippen molar-refractivity contribution in [3.05, 3.63) is 58.9 Å². The molecule has 5 nitrogen and oxygen atoms in total. The number of aromatic nitrogens is 1. The van der Waals surface area contributed by atoms with Crippen LogP contribution in [-0.2, 0) is 11.3 Å². The molecule has 0 spiro atoms. The molecule has 1 aromatic heterocycles. The maximum atomic E-state index is 12.6. The van der Waals surface area contributed by atoms with Crippen LogP contribution in [0, 0.1) is 13.8 Å². The summed E-state index contributed by atoms with van der Waals surface area (Å²) >= 11 is 0. The fourth-order valence-electron chi connectivity index (χ4n) is 3.31. The summed E-state index contributed by atoms with van der Waals surface area (Å²) < 4.78 is 7.42. The van der Waals surface area contributed by atoms with E-state index < -0.39 is 5.60 Å². The molecule has 2 aromatic rings. The molecule has 1 aromatic carbocycles. The van der Waals surface area contributed by atoms with Crippen LogP contribution in [0.25, 0.3) is 0 Å². The van der Waals surface area contributed by atoms with Gasteiger partial charge in [0.1, 0.15) is 0 Å². The number of nitrogens with zero attached hydrogens (tertiary/aromatic N) is 1. The van der Waals surface area contributed by atoms with Crippen LogP contribution < -0.4 is 5.32 Å². The Labute approximate surface area is 148 Å². The van der Waals surface area contributed by atoms with E-state index in [2.05, 4.69) is 22.0 Å². The normalized spacial score (nSPS) is 16.6. The number of aliphatic hydroxyl groups is 1. The monoisotopic (exact) mass is 342 g/mol. The number of rotatable bonds is 5. The highest BCUT2D eigenvalue weighted by molar-refractivity contribution is 5.95. The molecule has 1 aliphatic rings. The molecule has 0 atom stereocenters. The van der Waals surface area contributed by atoms with Gasteiger partial charge in [-0.2, -0.15) is 0 Å². The van der Waals surface area contributed by atoms with Crippen molar-refractivity contribution in [1.82, 2.24) is 9.88 Å². The van der Waals surface area contributed by atoms with Crippen molar-refractivity contribution in [2.75, 3.05) is 19.8 Å². The number of ether oxygens (including phenoxy) is 1. The zero-order valence-electron chi connectivity index (χ0n) is 14.9. The van der Waals surface area contributed by atoms with Gasteiger partial charge in [-0.15, -0.1) is 0 Å². The van der Waals surface area contributed by atoms with Crippen molar-refractivity contribution < 1.29 is 14.6 Å². The standard InChI is InChI=1S/C20H26N2O3/c1-15-12-18(16(2)22(15)13-17-6-4-3-5-7-17)19(23)21-14-20(24)8-10-25-11-9-20/h3-7,12,24H,8-11,13-14H2,1-2H3,(H,21,23). The molecule has 0 unspecified atom stereocenters. The molecule has 1 aliphatic heterocycles. The fraction of sp³-hybridized carbons (Fsp3) is 0.450. The van der Waals surface area contributed by atoms with Gasteiger partial charge in [0, 0.05) is 50.5 Å². The largest absolute Gasteiger partial charge is 0.388 e. The molecule has 0 radical (unpaired) electrons. The molecular weight excluding hydrogens is 316 g/mol. The minimum Gasteiger partial charge on any atom is -0.388 e. The summed E-state index contributed by atoms with van der Waals surface area (Å²) in [4.78, 5) is 12.6. The Morgan fingerprint density at radius 2 is 1.92 bits per heavy atom. The van der Waals surface area contributed by atoms with Gasteiger partial charge in [0.25, 0.3) is 5.91 Å². The van der Waals surface area contributed by atoms with Gasteiger partial charge in [0.05, 0.1) is 11.2 Å². The second kappa shape index (κ2) is 7.42. The predicted octanol–water partition coefficient (Wildman–Crippen LogP) is 2.42. The van der Waals surface area contributed by atoms with Crippen LogP contribution in [0.3, 0.4) is 0 Å². The average molecular weight is 342 g/mol. The van der Waals surface area contributed by atoms with E-state index in [1.165, 1.54) is 5.56 Å². The number of nitrogens with one attached hydrogen (secondary N) is 1. The van der Waals surface area contributed by atoms with E-state index in [-0.39, 0.29) is 12.5 Å². The number of aryl methyl sites for hydroxylation is 1. The van der Waals surface area contributed by atoms with Crippen LogP contribution in [0.4, 0.5) is 0 Å².